The quantitative estimate of drug-likeness (QED) is 0.783. The zero-order chi connectivity index (χ0) is 20.1. The van der Waals surface area contributed by atoms with Crippen molar-refractivity contribution in [2.24, 2.45) is 0 Å². The highest BCUT2D eigenvalue weighted by molar-refractivity contribution is 5.74. The molecule has 150 valence electrons. The van der Waals surface area contributed by atoms with Gasteiger partial charge in [-0.25, -0.2) is 0 Å². The van der Waals surface area contributed by atoms with Gasteiger partial charge in [-0.2, -0.15) is 0 Å². The SMILES string of the molecule is COc1cc(OC)c(C(c2ccccc2)N2CCCCC2C(=O)O)cc1OC. The van der Waals surface area contributed by atoms with E-state index in [0.717, 1.165) is 24.0 Å². The van der Waals surface area contributed by atoms with Crippen LogP contribution in [0.3, 0.4) is 0 Å². The number of hydrogen-bond acceptors (Lipinski definition) is 5. The summed E-state index contributed by atoms with van der Waals surface area (Å²) >= 11 is 0. The van der Waals surface area contributed by atoms with Crippen molar-refractivity contribution in [3.8, 4) is 17.2 Å². The first kappa shape index (κ1) is 20.0. The third-order valence-electron chi connectivity index (χ3n) is 5.31. The van der Waals surface area contributed by atoms with Gasteiger partial charge >= 0.3 is 5.97 Å². The van der Waals surface area contributed by atoms with Crippen LogP contribution in [0.5, 0.6) is 17.2 Å². The van der Waals surface area contributed by atoms with Gasteiger partial charge in [-0.3, -0.25) is 9.69 Å². The number of rotatable bonds is 7. The summed E-state index contributed by atoms with van der Waals surface area (Å²) in [5.74, 6) is 1.01. The Bertz CT molecular complexity index is 808. The monoisotopic (exact) mass is 385 g/mol. The molecule has 1 aliphatic heterocycles. The molecule has 6 heteroatoms. The van der Waals surface area contributed by atoms with Crippen LogP contribution in [-0.2, 0) is 4.79 Å². The van der Waals surface area contributed by atoms with Crippen molar-refractivity contribution in [3.05, 3.63) is 53.6 Å². The first-order valence-electron chi connectivity index (χ1n) is 9.44. The predicted molar refractivity (Wildman–Crippen MR) is 106 cm³/mol. The Morgan fingerprint density at radius 3 is 2.25 bits per heavy atom. The molecule has 1 fully saturated rings. The Balaban J connectivity index is 2.19. The minimum Gasteiger partial charge on any atom is -0.496 e. The van der Waals surface area contributed by atoms with E-state index in [1.807, 2.05) is 36.4 Å². The summed E-state index contributed by atoms with van der Waals surface area (Å²) in [4.78, 5) is 14.1. The smallest absolute Gasteiger partial charge is 0.320 e. The zero-order valence-electron chi connectivity index (χ0n) is 16.6. The number of hydrogen-bond donors (Lipinski definition) is 1. The number of benzene rings is 2. The first-order chi connectivity index (χ1) is 13.6. The number of carboxylic acid groups (broad SMARTS) is 1. The van der Waals surface area contributed by atoms with Crippen LogP contribution >= 0.6 is 0 Å². The molecular formula is C22H27NO5. The lowest BCUT2D eigenvalue weighted by atomic mass is 9.91. The predicted octanol–water partition coefficient (Wildman–Crippen LogP) is 3.74. The molecule has 1 N–H and O–H groups in total. The van der Waals surface area contributed by atoms with E-state index >= 15 is 0 Å². The second-order valence-electron chi connectivity index (χ2n) is 6.85. The van der Waals surface area contributed by atoms with Crippen LogP contribution in [0.2, 0.25) is 0 Å². The van der Waals surface area contributed by atoms with Gasteiger partial charge in [0, 0.05) is 11.6 Å². The van der Waals surface area contributed by atoms with Gasteiger partial charge in [0.2, 0.25) is 0 Å². The average molecular weight is 385 g/mol. The third-order valence-corrected chi connectivity index (χ3v) is 5.31. The standard InChI is InChI=1S/C22H27NO5/c1-26-18-14-20(28-3)19(27-2)13-16(18)21(15-9-5-4-6-10-15)23-12-8-7-11-17(23)22(24)25/h4-6,9-10,13-14,17,21H,7-8,11-12H2,1-3H3,(H,24,25). The summed E-state index contributed by atoms with van der Waals surface area (Å²) in [6.45, 7) is 0.702. The van der Waals surface area contributed by atoms with Crippen molar-refractivity contribution < 1.29 is 24.1 Å². The Kier molecular flexibility index (Phi) is 6.41. The number of likely N-dealkylation sites (tertiary alicyclic amines) is 1. The van der Waals surface area contributed by atoms with Crippen LogP contribution in [0, 0.1) is 0 Å². The molecule has 0 aromatic heterocycles. The van der Waals surface area contributed by atoms with Gasteiger partial charge in [0.25, 0.3) is 0 Å². The lowest BCUT2D eigenvalue weighted by Crippen LogP contribution is -2.46. The molecule has 2 aromatic carbocycles. The molecule has 28 heavy (non-hydrogen) atoms. The maximum atomic E-state index is 12.0. The highest BCUT2D eigenvalue weighted by Crippen LogP contribution is 2.43. The second kappa shape index (κ2) is 8.97. The lowest BCUT2D eigenvalue weighted by molar-refractivity contribution is -0.145. The third kappa shape index (κ3) is 3.92. The van der Waals surface area contributed by atoms with E-state index in [9.17, 15) is 9.90 Å². The minimum atomic E-state index is -0.792. The number of piperidine rings is 1. The number of methoxy groups -OCH3 is 3. The second-order valence-corrected chi connectivity index (χ2v) is 6.85. The van der Waals surface area contributed by atoms with Crippen molar-refractivity contribution in [2.75, 3.05) is 27.9 Å². The normalized spacial score (nSPS) is 18.3. The average Bonchev–Trinajstić information content (AvgIpc) is 2.74. The molecule has 2 atom stereocenters. The molecule has 3 rings (SSSR count). The topological polar surface area (TPSA) is 68.2 Å². The van der Waals surface area contributed by atoms with E-state index in [0.29, 0.717) is 30.2 Å². The molecule has 0 aliphatic carbocycles. The van der Waals surface area contributed by atoms with Gasteiger partial charge in [-0.05, 0) is 31.0 Å². The van der Waals surface area contributed by atoms with Gasteiger partial charge in [-0.15, -0.1) is 0 Å². The van der Waals surface area contributed by atoms with Crippen LogP contribution in [0.1, 0.15) is 36.4 Å². The number of nitrogens with zero attached hydrogens (tertiary/aromatic N) is 1. The fraction of sp³-hybridized carbons (Fsp3) is 0.409. The summed E-state index contributed by atoms with van der Waals surface area (Å²) in [7, 11) is 4.78. The van der Waals surface area contributed by atoms with Crippen LogP contribution in [0.15, 0.2) is 42.5 Å². The maximum Gasteiger partial charge on any atom is 0.320 e. The molecule has 0 amide bonds. The van der Waals surface area contributed by atoms with Gasteiger partial charge in [0.15, 0.2) is 11.5 Å². The molecule has 6 nitrogen and oxygen atoms in total. The van der Waals surface area contributed by atoms with Crippen LogP contribution in [0.4, 0.5) is 0 Å². The molecule has 0 radical (unpaired) electrons. The van der Waals surface area contributed by atoms with Crippen molar-refractivity contribution in [1.82, 2.24) is 4.90 Å². The summed E-state index contributed by atoms with van der Waals surface area (Å²) in [6.07, 6.45) is 2.51. The summed E-state index contributed by atoms with van der Waals surface area (Å²) in [5.41, 5.74) is 1.88. The highest BCUT2D eigenvalue weighted by atomic mass is 16.5. The summed E-state index contributed by atoms with van der Waals surface area (Å²) in [5, 5.41) is 9.84. The van der Waals surface area contributed by atoms with E-state index in [1.54, 1.807) is 27.4 Å². The fourth-order valence-corrected chi connectivity index (χ4v) is 3.98. The van der Waals surface area contributed by atoms with E-state index in [2.05, 4.69) is 4.90 Å². The Hall–Kier alpha value is -2.73. The Morgan fingerprint density at radius 2 is 1.64 bits per heavy atom. The number of aliphatic carboxylic acids is 1. The van der Waals surface area contributed by atoms with Gasteiger partial charge in [-0.1, -0.05) is 36.8 Å². The molecule has 0 bridgehead atoms. The van der Waals surface area contributed by atoms with Crippen LogP contribution in [0.25, 0.3) is 0 Å². The van der Waals surface area contributed by atoms with E-state index in [1.165, 1.54) is 0 Å². The largest absolute Gasteiger partial charge is 0.496 e. The molecule has 1 saturated heterocycles. The number of ether oxygens (including phenoxy) is 3. The molecule has 2 aromatic rings. The lowest BCUT2D eigenvalue weighted by Gasteiger charge is -2.40. The molecule has 2 unspecified atom stereocenters. The maximum absolute atomic E-state index is 12.0. The van der Waals surface area contributed by atoms with Gasteiger partial charge in [0.1, 0.15) is 11.8 Å². The zero-order valence-corrected chi connectivity index (χ0v) is 16.6. The van der Waals surface area contributed by atoms with Gasteiger partial charge in [0.05, 0.1) is 27.4 Å². The van der Waals surface area contributed by atoms with Crippen molar-refractivity contribution in [1.29, 1.82) is 0 Å². The van der Waals surface area contributed by atoms with E-state index in [4.69, 9.17) is 14.2 Å². The van der Waals surface area contributed by atoms with Crippen molar-refractivity contribution in [2.45, 2.75) is 31.3 Å². The Labute approximate surface area is 165 Å². The van der Waals surface area contributed by atoms with E-state index in [-0.39, 0.29) is 6.04 Å². The number of carboxylic acids is 1. The molecule has 1 aliphatic rings. The first-order valence-corrected chi connectivity index (χ1v) is 9.44. The molecule has 0 spiro atoms. The fourth-order valence-electron chi connectivity index (χ4n) is 3.98. The van der Waals surface area contributed by atoms with Gasteiger partial charge < -0.3 is 19.3 Å². The minimum absolute atomic E-state index is 0.266. The Morgan fingerprint density at radius 1 is 1.00 bits per heavy atom. The molecular weight excluding hydrogens is 358 g/mol. The van der Waals surface area contributed by atoms with Crippen molar-refractivity contribution >= 4 is 5.97 Å². The van der Waals surface area contributed by atoms with Crippen molar-refractivity contribution in [3.63, 3.8) is 0 Å². The van der Waals surface area contributed by atoms with E-state index < -0.39 is 12.0 Å². The molecule has 0 saturated carbocycles. The summed E-state index contributed by atoms with van der Waals surface area (Å²) < 4.78 is 16.6. The van der Waals surface area contributed by atoms with Crippen LogP contribution < -0.4 is 14.2 Å². The number of carbonyl (C=O) groups is 1. The summed E-state index contributed by atoms with van der Waals surface area (Å²) in [6, 6.07) is 12.8. The highest BCUT2D eigenvalue weighted by Gasteiger charge is 2.36. The molecule has 1 heterocycles. The van der Waals surface area contributed by atoms with Crippen LogP contribution in [-0.4, -0.2) is 49.9 Å².